The van der Waals surface area contributed by atoms with Crippen LogP contribution in [0.15, 0.2) is 128 Å². The summed E-state index contributed by atoms with van der Waals surface area (Å²) in [5.74, 6) is 5.44. The van der Waals surface area contributed by atoms with Crippen molar-refractivity contribution in [1.29, 1.82) is 0 Å². The molecule has 6 aromatic carbocycles. The zero-order valence-corrected chi connectivity index (χ0v) is 81.6. The fourth-order valence-electron chi connectivity index (χ4n) is 17.8. The minimum Gasteiger partial charge on any atom is -0.496 e. The number of nitrogens with zero attached hydrogens (tertiary/aromatic N) is 15. The number of aryl methyl sites for hydroxylation is 1. The molecule has 0 aliphatic carbocycles. The first-order valence-corrected chi connectivity index (χ1v) is 52.9. The number of piperazine rings is 3. The first-order chi connectivity index (χ1) is 60.6. The van der Waals surface area contributed by atoms with Crippen LogP contribution in [0.4, 0.5) is 80.7 Å². The molecule has 0 saturated carbocycles. The van der Waals surface area contributed by atoms with Gasteiger partial charge in [-0.05, 0) is 193 Å². The zero-order chi connectivity index (χ0) is 90.7. The fraction of sp³-hybridized carbons (Fsp3) is 0.484. The monoisotopic (exact) mass is 1850 g/mol. The van der Waals surface area contributed by atoms with Crippen LogP contribution in [0.3, 0.4) is 0 Å². The lowest BCUT2D eigenvalue weighted by atomic mass is 10.00. The first-order valence-electron chi connectivity index (χ1n) is 44.0. The Morgan fingerprint density at radius 3 is 1.19 bits per heavy atom. The fourth-order valence-corrected chi connectivity index (χ4v) is 21.8. The van der Waals surface area contributed by atoms with Crippen LogP contribution in [0.2, 0.25) is 15.1 Å². The first kappa shape index (κ1) is 95.9. The third-order valence-electron chi connectivity index (χ3n) is 25.1. The summed E-state index contributed by atoms with van der Waals surface area (Å²) in [6.45, 7) is 39.4. The number of rotatable bonds is 25. The van der Waals surface area contributed by atoms with E-state index in [4.69, 9.17) is 64.5 Å². The van der Waals surface area contributed by atoms with Crippen molar-refractivity contribution in [2.24, 2.45) is 0 Å². The van der Waals surface area contributed by atoms with Crippen LogP contribution in [0.5, 0.6) is 23.0 Å². The second kappa shape index (κ2) is 42.4. The molecule has 6 aliphatic rings. The van der Waals surface area contributed by atoms with E-state index in [0.717, 1.165) is 147 Å². The Hall–Kier alpha value is -8.72. The Kier molecular flexibility index (Phi) is 32.0. The minimum atomic E-state index is -2.53. The molecule has 7 N–H and O–H groups in total. The number of nitrogens with two attached hydrogens (primary N) is 1. The van der Waals surface area contributed by atoms with Crippen LogP contribution >= 0.6 is 56.2 Å². The smallest absolute Gasteiger partial charge is 0.229 e. The second-order valence-electron chi connectivity index (χ2n) is 36.0. The van der Waals surface area contributed by atoms with Crippen LogP contribution in [0.25, 0.3) is 0 Å². The lowest BCUT2D eigenvalue weighted by molar-refractivity contribution is 0.0364. The van der Waals surface area contributed by atoms with E-state index in [0.29, 0.717) is 104 Å². The number of anilines is 14. The van der Waals surface area contributed by atoms with Crippen molar-refractivity contribution in [2.75, 3.05) is 247 Å². The lowest BCUT2D eigenvalue weighted by Crippen LogP contribution is -2.57. The predicted octanol–water partition coefficient (Wildman–Crippen LogP) is 16.2. The second-order valence-corrected chi connectivity index (χ2v) is 46.7. The van der Waals surface area contributed by atoms with Gasteiger partial charge in [-0.1, -0.05) is 65.1 Å². The van der Waals surface area contributed by atoms with Gasteiger partial charge in [0, 0.05) is 205 Å². The quantitative estimate of drug-likeness (QED) is 0.0290. The number of para-hydroxylation sites is 2. The molecule has 34 heteroatoms. The molecule has 0 radical (unpaired) electrons. The van der Waals surface area contributed by atoms with Crippen LogP contribution in [0.1, 0.15) is 76.2 Å². The van der Waals surface area contributed by atoms with E-state index in [1.807, 2.05) is 79.7 Å². The van der Waals surface area contributed by atoms with E-state index in [-0.39, 0.29) is 16.4 Å². The Labute approximate surface area is 766 Å². The molecule has 127 heavy (non-hydrogen) atoms. The highest BCUT2D eigenvalue weighted by atomic mass is 35.5. The number of ether oxygens (including phenoxy) is 4. The number of hydrogen-bond donors (Lipinski definition) is 6. The third kappa shape index (κ3) is 24.9. The van der Waals surface area contributed by atoms with Gasteiger partial charge in [0.15, 0.2) is 17.5 Å². The van der Waals surface area contributed by atoms with E-state index in [2.05, 4.69) is 173 Å². The molecule has 9 heterocycles. The van der Waals surface area contributed by atoms with Gasteiger partial charge in [-0.25, -0.2) is 19.9 Å². The summed E-state index contributed by atoms with van der Waals surface area (Å²) in [5.41, 5.74) is 15.3. The Morgan fingerprint density at radius 1 is 0.417 bits per heavy atom. The van der Waals surface area contributed by atoms with Crippen LogP contribution < -0.4 is 81.9 Å². The molecule has 15 rings (SSSR count). The highest BCUT2D eigenvalue weighted by molar-refractivity contribution is 7.71. The van der Waals surface area contributed by atoms with Crippen molar-refractivity contribution in [3.05, 3.63) is 160 Å². The highest BCUT2D eigenvalue weighted by Crippen LogP contribution is 2.45. The molecule has 6 fully saturated rings. The third-order valence-corrected chi connectivity index (χ3v) is 30.8. The predicted molar refractivity (Wildman–Crippen MR) is 528 cm³/mol. The lowest BCUT2D eigenvalue weighted by Gasteiger charge is -2.46. The van der Waals surface area contributed by atoms with Crippen molar-refractivity contribution in [3.63, 3.8) is 0 Å². The van der Waals surface area contributed by atoms with E-state index in [1.165, 1.54) is 70.4 Å². The number of halogens is 3. The molecule has 0 atom stereocenters. The summed E-state index contributed by atoms with van der Waals surface area (Å²) >= 11 is 19.4. The summed E-state index contributed by atoms with van der Waals surface area (Å²) in [6.07, 6.45) is 10.5. The molecule has 9 aromatic rings. The van der Waals surface area contributed by atoms with E-state index >= 15 is 0 Å². The van der Waals surface area contributed by atoms with Crippen LogP contribution in [-0.2, 0) is 20.1 Å². The zero-order valence-electron chi connectivity index (χ0n) is 76.7. The number of benzene rings is 6. The molecule has 28 nitrogen and oxygen atoms in total. The van der Waals surface area contributed by atoms with Gasteiger partial charge in [-0.15, -0.1) is 0 Å². The topological polar surface area (TPSA) is 281 Å². The van der Waals surface area contributed by atoms with Gasteiger partial charge in [0.05, 0.1) is 69.3 Å². The van der Waals surface area contributed by atoms with Crippen molar-refractivity contribution in [1.82, 2.24) is 59.3 Å². The summed E-state index contributed by atoms with van der Waals surface area (Å²) in [5, 5.41) is 19.5. The van der Waals surface area contributed by atoms with Crippen molar-refractivity contribution < 1.29 is 32.6 Å². The highest BCUT2D eigenvalue weighted by Gasteiger charge is 2.34. The number of piperidine rings is 3. The van der Waals surface area contributed by atoms with Gasteiger partial charge >= 0.3 is 0 Å². The summed E-state index contributed by atoms with van der Waals surface area (Å²) in [4.78, 5) is 50.0. The van der Waals surface area contributed by atoms with Crippen LogP contribution in [-0.4, -0.2) is 283 Å². The van der Waals surface area contributed by atoms with Crippen molar-refractivity contribution >= 4 is 153 Å². The van der Waals surface area contributed by atoms with Crippen LogP contribution in [0, 0.1) is 6.92 Å². The maximum Gasteiger partial charge on any atom is 0.229 e. The average Bonchev–Trinajstić information content (AvgIpc) is 0.851. The maximum atomic E-state index is 12.8. The normalized spacial score (nSPS) is 17.4. The van der Waals surface area contributed by atoms with E-state index in [1.54, 1.807) is 80.8 Å². The molecule has 684 valence electrons. The minimum absolute atomic E-state index is 0.187. The van der Waals surface area contributed by atoms with E-state index in [9.17, 15) is 13.7 Å². The molecule has 6 saturated heterocycles. The van der Waals surface area contributed by atoms with Crippen molar-refractivity contribution in [2.45, 2.75) is 96.3 Å². The molecule has 0 bridgehead atoms. The molecule has 0 spiro atoms. The summed E-state index contributed by atoms with van der Waals surface area (Å²) < 4.78 is 61.4. The van der Waals surface area contributed by atoms with Gasteiger partial charge < -0.3 is 89.5 Å². The molecular formula is C93H129Cl3N21O7P3. The van der Waals surface area contributed by atoms with Gasteiger partial charge in [0.2, 0.25) is 11.9 Å². The Morgan fingerprint density at radius 2 is 0.787 bits per heavy atom. The number of methoxy groups -OCH3 is 4. The molecule has 0 unspecified atom stereocenters. The van der Waals surface area contributed by atoms with Gasteiger partial charge in [-0.3, -0.25) is 19.6 Å². The SMILES string of the molecule is COc1cc(N2CCC(N3CCN(C(C)(C)C)CC3)CC2)ccc1Nc1ncc(Cl)c(Nc2ccccc2P(C)(C)=O)n1.COc1cc(N2CCC(N3CCN(C)CC3)CC2)ccc1Cc1nc(N)c(Cl)c(Nc2ccccc2P(C)(C)=O)n1.COc1cc(N2CCC(N3CCN(C)CC3)CC2)ccc1Nc1ncc(Cl)c(Nc2cc(C)c(P(C)(C)=O)cc2OC)n1. The van der Waals surface area contributed by atoms with Gasteiger partial charge in [0.25, 0.3) is 0 Å². The standard InChI is InChI=1S/C32H45ClN7O2P.C31H43ClN7O3P.C30H41ClN7O2P/c1-32(2,3)40-19-17-39(18-20-40)23-13-15-38(16-14-23)24-11-12-26(28(21-24)42-4)36-31-34-22-25(33)30(37-31)35-27-9-7-8-10-29(27)43(5,6)41;1-21-17-26(28(42-4)19-29(21)43(5,6)40)34-30-24(32)20-33-31(36-30)35-25-8-7-23(18-27(25)41-3)38-11-9-22(10-12-38)39-15-13-37(2)14-16-39;1-36-15-17-38(18-16-36)22-11-13-37(14-12-22)23-10-9-21(25(20-23)40-2)19-27-34-29(32)28(31)30(35-27)33-24-7-5-6-8-26(24)41(3,4)39/h7-12,21-23H,13-20H2,1-6H3,(H2,34,35,36,37);7-8,17-20,22H,9-16H2,1-6H3,(H2,33,34,35,36);5-10,20,22H,11-19H2,1-4H3,(H3,32,33,34,35). The molecule has 6 aliphatic heterocycles. The van der Waals surface area contributed by atoms with Gasteiger partial charge in [-0.2, -0.15) is 9.97 Å². The van der Waals surface area contributed by atoms with Gasteiger partial charge in [0.1, 0.15) is 71.1 Å². The number of hydrogen-bond acceptors (Lipinski definition) is 28. The Bertz CT molecular complexity index is 5400. The summed E-state index contributed by atoms with van der Waals surface area (Å²) in [7, 11) is 3.51. The number of likely N-dealkylation sites (N-methyl/N-ethyl adjacent to an activating group) is 2. The Balaban J connectivity index is 0.000000163. The van der Waals surface area contributed by atoms with Crippen molar-refractivity contribution in [3.8, 4) is 23.0 Å². The maximum absolute atomic E-state index is 12.8. The summed E-state index contributed by atoms with van der Waals surface area (Å²) in [6, 6.07) is 39.4. The average molecular weight is 1850 g/mol. The molecular weight excluding hydrogens is 1720 g/mol. The molecule has 3 aromatic heterocycles. The number of aromatic nitrogens is 6. The largest absolute Gasteiger partial charge is 0.496 e. The molecule has 0 amide bonds. The number of nitrogens with one attached hydrogen (secondary N) is 5. The van der Waals surface area contributed by atoms with E-state index < -0.39 is 21.4 Å². The number of nitrogen functional groups attached to an aromatic ring is 1.